The summed E-state index contributed by atoms with van der Waals surface area (Å²) < 4.78 is 55.0. The molecule has 1 aliphatic rings. The fraction of sp³-hybridized carbons (Fsp3) is 0.167. The van der Waals surface area contributed by atoms with E-state index in [0.29, 0.717) is 17.7 Å². The summed E-state index contributed by atoms with van der Waals surface area (Å²) in [5, 5.41) is 4.01. The Morgan fingerprint density at radius 2 is 1.66 bits per heavy atom. The summed E-state index contributed by atoms with van der Waals surface area (Å²) in [6.07, 6.45) is -0.257. The van der Waals surface area contributed by atoms with Gasteiger partial charge in [-0.25, -0.2) is 17.6 Å². The third-order valence-corrected chi connectivity index (χ3v) is 5.10. The topological polar surface area (TPSA) is 41.9 Å². The lowest BCUT2D eigenvalue weighted by Gasteiger charge is -2.25. The molecule has 0 N–H and O–H groups in total. The van der Waals surface area contributed by atoms with E-state index in [9.17, 15) is 22.4 Å². The molecule has 0 saturated heterocycles. The molecule has 4 rings (SSSR count). The zero-order chi connectivity index (χ0) is 22.7. The van der Waals surface area contributed by atoms with E-state index in [2.05, 4.69) is 5.16 Å². The number of rotatable bonds is 6. The molecule has 164 valence electrons. The molecule has 0 bridgehead atoms. The van der Waals surface area contributed by atoms with Gasteiger partial charge in [0.05, 0.1) is 17.8 Å². The molecule has 3 aromatic carbocycles. The standard InChI is InChI=1S/C24H18F4N2O2/c25-17-8-5-15(6-9-17)23-12-19(32-29-23)14-30(13-16-7-10-18(26)11-22(16)28)24(31)20-3-1-2-4-21(20)27/h1-11,19H,12-14H2/t19-/m1/s1. The summed E-state index contributed by atoms with van der Waals surface area (Å²) in [6.45, 7) is -0.233. The first-order valence-electron chi connectivity index (χ1n) is 9.87. The maximum absolute atomic E-state index is 14.2. The second-order valence-electron chi connectivity index (χ2n) is 7.38. The van der Waals surface area contributed by atoms with Crippen LogP contribution in [0.25, 0.3) is 0 Å². The maximum atomic E-state index is 14.2. The van der Waals surface area contributed by atoms with Crippen LogP contribution < -0.4 is 0 Å². The van der Waals surface area contributed by atoms with Crippen LogP contribution in [0.5, 0.6) is 0 Å². The SMILES string of the molecule is O=C(c1ccccc1F)N(Cc1ccc(F)cc1F)C[C@H]1CC(c2ccc(F)cc2)=NO1. The van der Waals surface area contributed by atoms with E-state index < -0.39 is 29.5 Å². The monoisotopic (exact) mass is 442 g/mol. The van der Waals surface area contributed by atoms with Gasteiger partial charge in [-0.15, -0.1) is 0 Å². The molecule has 1 heterocycles. The van der Waals surface area contributed by atoms with Crippen molar-refractivity contribution in [3.8, 4) is 0 Å². The van der Waals surface area contributed by atoms with Gasteiger partial charge in [-0.2, -0.15) is 0 Å². The molecular weight excluding hydrogens is 424 g/mol. The summed E-state index contributed by atoms with van der Waals surface area (Å²) in [5.41, 5.74) is 1.15. The smallest absolute Gasteiger partial charge is 0.257 e. The Morgan fingerprint density at radius 3 is 2.38 bits per heavy atom. The van der Waals surface area contributed by atoms with Crippen LogP contribution in [0.15, 0.2) is 71.9 Å². The number of hydrogen-bond donors (Lipinski definition) is 0. The van der Waals surface area contributed by atoms with Crippen LogP contribution in [-0.4, -0.2) is 29.2 Å². The van der Waals surface area contributed by atoms with Crippen molar-refractivity contribution in [3.05, 3.63) is 107 Å². The largest absolute Gasteiger partial charge is 0.390 e. The predicted octanol–water partition coefficient (Wildman–Crippen LogP) is 5.08. The van der Waals surface area contributed by atoms with Crippen molar-refractivity contribution in [3.63, 3.8) is 0 Å². The van der Waals surface area contributed by atoms with Gasteiger partial charge in [0.25, 0.3) is 5.91 Å². The molecule has 0 fully saturated rings. The Hall–Kier alpha value is -3.68. The predicted molar refractivity (Wildman–Crippen MR) is 110 cm³/mol. The van der Waals surface area contributed by atoms with Crippen LogP contribution in [0.3, 0.4) is 0 Å². The summed E-state index contributed by atoms with van der Waals surface area (Å²) in [5.74, 6) is -3.31. The quantitative estimate of drug-likeness (QED) is 0.500. The van der Waals surface area contributed by atoms with E-state index in [1.165, 1.54) is 41.3 Å². The van der Waals surface area contributed by atoms with Crippen molar-refractivity contribution in [2.75, 3.05) is 6.54 Å². The van der Waals surface area contributed by atoms with Gasteiger partial charge < -0.3 is 9.74 Å². The molecule has 0 saturated carbocycles. The average molecular weight is 442 g/mol. The number of carbonyl (C=O) groups is 1. The van der Waals surface area contributed by atoms with E-state index in [-0.39, 0.29) is 30.0 Å². The fourth-order valence-electron chi connectivity index (χ4n) is 3.46. The van der Waals surface area contributed by atoms with Crippen LogP contribution in [0.1, 0.15) is 27.9 Å². The number of amides is 1. The minimum absolute atomic E-state index is 0.0157. The molecule has 0 spiro atoms. The minimum atomic E-state index is -0.813. The zero-order valence-electron chi connectivity index (χ0n) is 16.8. The van der Waals surface area contributed by atoms with Gasteiger partial charge in [0.15, 0.2) is 6.10 Å². The van der Waals surface area contributed by atoms with Crippen molar-refractivity contribution in [1.29, 1.82) is 0 Å². The summed E-state index contributed by atoms with van der Waals surface area (Å²) in [6, 6.07) is 14.3. The molecule has 0 aliphatic carbocycles. The molecule has 3 aromatic rings. The maximum Gasteiger partial charge on any atom is 0.257 e. The third-order valence-electron chi connectivity index (χ3n) is 5.10. The van der Waals surface area contributed by atoms with Crippen molar-refractivity contribution < 1.29 is 27.2 Å². The highest BCUT2D eigenvalue weighted by molar-refractivity contribution is 6.01. The molecular formula is C24H18F4N2O2. The fourth-order valence-corrected chi connectivity index (χ4v) is 3.46. The number of benzene rings is 3. The molecule has 8 heteroatoms. The Balaban J connectivity index is 1.55. The number of oxime groups is 1. The highest BCUT2D eigenvalue weighted by Crippen LogP contribution is 2.22. The molecule has 1 atom stereocenters. The number of hydrogen-bond acceptors (Lipinski definition) is 3. The van der Waals surface area contributed by atoms with Gasteiger partial charge in [0, 0.05) is 24.6 Å². The Kier molecular flexibility index (Phi) is 6.20. The van der Waals surface area contributed by atoms with Crippen LogP contribution >= 0.6 is 0 Å². The first-order valence-corrected chi connectivity index (χ1v) is 9.87. The molecule has 4 nitrogen and oxygen atoms in total. The van der Waals surface area contributed by atoms with Crippen molar-refractivity contribution in [2.45, 2.75) is 19.1 Å². The molecule has 1 aliphatic heterocycles. The Bertz CT molecular complexity index is 1160. The summed E-state index contributed by atoms with van der Waals surface area (Å²) in [7, 11) is 0. The first-order chi connectivity index (χ1) is 15.4. The summed E-state index contributed by atoms with van der Waals surface area (Å²) >= 11 is 0. The third kappa shape index (κ3) is 4.80. The van der Waals surface area contributed by atoms with Gasteiger partial charge in [-0.3, -0.25) is 4.79 Å². The molecule has 1 amide bonds. The molecule has 32 heavy (non-hydrogen) atoms. The van der Waals surface area contributed by atoms with Crippen LogP contribution in [0.4, 0.5) is 17.6 Å². The van der Waals surface area contributed by atoms with E-state index in [0.717, 1.165) is 18.2 Å². The van der Waals surface area contributed by atoms with Gasteiger partial charge in [0.2, 0.25) is 0 Å². The number of carbonyl (C=O) groups excluding carboxylic acids is 1. The van der Waals surface area contributed by atoms with Crippen LogP contribution in [0, 0.1) is 23.3 Å². The van der Waals surface area contributed by atoms with E-state index in [1.54, 1.807) is 12.1 Å². The Labute approximate surface area is 181 Å². The van der Waals surface area contributed by atoms with Gasteiger partial charge in [0.1, 0.15) is 23.3 Å². The zero-order valence-corrected chi connectivity index (χ0v) is 16.8. The van der Waals surface area contributed by atoms with Crippen LogP contribution in [0.2, 0.25) is 0 Å². The van der Waals surface area contributed by atoms with Crippen LogP contribution in [-0.2, 0) is 11.4 Å². The van der Waals surface area contributed by atoms with Gasteiger partial charge in [-0.05, 0) is 35.9 Å². The highest BCUT2D eigenvalue weighted by atomic mass is 19.1. The lowest BCUT2D eigenvalue weighted by atomic mass is 10.0. The van der Waals surface area contributed by atoms with E-state index in [4.69, 9.17) is 4.84 Å². The molecule has 0 radical (unpaired) electrons. The lowest BCUT2D eigenvalue weighted by Crippen LogP contribution is -2.38. The molecule has 0 unspecified atom stereocenters. The Morgan fingerprint density at radius 1 is 0.938 bits per heavy atom. The van der Waals surface area contributed by atoms with Gasteiger partial charge in [-0.1, -0.05) is 35.5 Å². The number of nitrogens with zero attached hydrogens (tertiary/aromatic N) is 2. The van der Waals surface area contributed by atoms with Crippen molar-refractivity contribution in [1.82, 2.24) is 4.90 Å². The van der Waals surface area contributed by atoms with E-state index >= 15 is 0 Å². The van der Waals surface area contributed by atoms with Crippen molar-refractivity contribution in [2.24, 2.45) is 5.16 Å². The highest BCUT2D eigenvalue weighted by Gasteiger charge is 2.29. The second-order valence-corrected chi connectivity index (χ2v) is 7.38. The molecule has 0 aromatic heterocycles. The average Bonchev–Trinajstić information content (AvgIpc) is 3.24. The normalized spacial score (nSPS) is 15.2. The second kappa shape index (κ2) is 9.21. The van der Waals surface area contributed by atoms with Gasteiger partial charge >= 0.3 is 0 Å². The summed E-state index contributed by atoms with van der Waals surface area (Å²) in [4.78, 5) is 19.8. The first kappa shape index (κ1) is 21.5. The lowest BCUT2D eigenvalue weighted by molar-refractivity contribution is 0.0400. The van der Waals surface area contributed by atoms with E-state index in [1.807, 2.05) is 0 Å². The number of halogens is 4. The minimum Gasteiger partial charge on any atom is -0.390 e. The van der Waals surface area contributed by atoms with Crippen molar-refractivity contribution >= 4 is 11.6 Å².